The molecule has 1 aromatic carbocycles. The van der Waals surface area contributed by atoms with Gasteiger partial charge in [0, 0.05) is 18.4 Å². The number of benzene rings is 1. The van der Waals surface area contributed by atoms with E-state index in [0.717, 1.165) is 43.1 Å². The van der Waals surface area contributed by atoms with Crippen molar-refractivity contribution in [1.82, 2.24) is 0 Å². The Morgan fingerprint density at radius 1 is 1.25 bits per heavy atom. The van der Waals surface area contributed by atoms with E-state index in [1.165, 1.54) is 6.42 Å². The summed E-state index contributed by atoms with van der Waals surface area (Å²) in [6.07, 6.45) is 3.56. The van der Waals surface area contributed by atoms with Crippen LogP contribution in [-0.4, -0.2) is 13.1 Å². The molecule has 0 aliphatic carbocycles. The van der Waals surface area contributed by atoms with Gasteiger partial charge in [0.15, 0.2) is 0 Å². The molecule has 3 heteroatoms. The van der Waals surface area contributed by atoms with Gasteiger partial charge in [-0.3, -0.25) is 0 Å². The summed E-state index contributed by atoms with van der Waals surface area (Å²) in [5, 5.41) is 0.705. The molecule has 112 valence electrons. The average molecular weight is 342 g/mol. The van der Waals surface area contributed by atoms with Gasteiger partial charge < -0.3 is 4.90 Å². The minimum atomic E-state index is -0.0869. The standard InChI is InChI=1S/C17H25BrFN/c1-17(2,3)14-5-4-9-20(10-8-14)16-7-6-13(12-18)11-15(16)19/h6-7,11,14H,4-5,8-10,12H2,1-3H3. The van der Waals surface area contributed by atoms with Gasteiger partial charge in [-0.05, 0) is 48.3 Å². The summed E-state index contributed by atoms with van der Waals surface area (Å²) < 4.78 is 14.2. The number of hydrogen-bond donors (Lipinski definition) is 0. The Labute approximate surface area is 130 Å². The number of alkyl halides is 1. The fourth-order valence-corrected chi connectivity index (χ4v) is 3.44. The molecule has 0 bridgehead atoms. The molecule has 20 heavy (non-hydrogen) atoms. The third kappa shape index (κ3) is 3.75. The molecule has 1 aliphatic rings. The molecule has 0 spiro atoms. The van der Waals surface area contributed by atoms with Crippen molar-refractivity contribution in [3.63, 3.8) is 0 Å². The van der Waals surface area contributed by atoms with E-state index in [-0.39, 0.29) is 5.82 Å². The molecule has 0 N–H and O–H groups in total. The monoisotopic (exact) mass is 341 g/mol. The lowest BCUT2D eigenvalue weighted by Crippen LogP contribution is -2.26. The van der Waals surface area contributed by atoms with E-state index < -0.39 is 0 Å². The molecule has 1 aliphatic heterocycles. The van der Waals surface area contributed by atoms with Crippen LogP contribution in [0.3, 0.4) is 0 Å². The highest BCUT2D eigenvalue weighted by atomic mass is 79.9. The van der Waals surface area contributed by atoms with Gasteiger partial charge in [-0.25, -0.2) is 4.39 Å². The Morgan fingerprint density at radius 2 is 2.00 bits per heavy atom. The molecule has 1 saturated heterocycles. The van der Waals surface area contributed by atoms with E-state index in [2.05, 4.69) is 41.6 Å². The van der Waals surface area contributed by atoms with Crippen LogP contribution in [0.25, 0.3) is 0 Å². The SMILES string of the molecule is CC(C)(C)C1CCCN(c2ccc(CBr)cc2F)CC1. The van der Waals surface area contributed by atoms with Crippen LogP contribution in [0.1, 0.15) is 45.6 Å². The van der Waals surface area contributed by atoms with Crippen LogP contribution in [0.5, 0.6) is 0 Å². The van der Waals surface area contributed by atoms with Crippen LogP contribution in [0, 0.1) is 17.2 Å². The van der Waals surface area contributed by atoms with Gasteiger partial charge in [0.05, 0.1) is 5.69 Å². The largest absolute Gasteiger partial charge is 0.369 e. The fourth-order valence-electron chi connectivity index (χ4n) is 3.09. The lowest BCUT2D eigenvalue weighted by atomic mass is 9.77. The maximum absolute atomic E-state index is 14.2. The number of rotatable bonds is 2. The van der Waals surface area contributed by atoms with Crippen molar-refractivity contribution in [1.29, 1.82) is 0 Å². The molecule has 2 rings (SSSR count). The van der Waals surface area contributed by atoms with Crippen LogP contribution in [0.15, 0.2) is 18.2 Å². The molecule has 0 amide bonds. The highest BCUT2D eigenvalue weighted by molar-refractivity contribution is 9.08. The third-order valence-electron chi connectivity index (χ3n) is 4.46. The second kappa shape index (κ2) is 6.46. The Bertz CT molecular complexity index is 453. The van der Waals surface area contributed by atoms with Gasteiger partial charge in [0.2, 0.25) is 0 Å². The summed E-state index contributed by atoms with van der Waals surface area (Å²) in [7, 11) is 0. The molecule has 1 fully saturated rings. The van der Waals surface area contributed by atoms with Crippen LogP contribution in [0.2, 0.25) is 0 Å². The van der Waals surface area contributed by atoms with E-state index >= 15 is 0 Å². The molecule has 0 aromatic heterocycles. The van der Waals surface area contributed by atoms with Gasteiger partial charge in [-0.1, -0.05) is 42.8 Å². The van der Waals surface area contributed by atoms with Crippen molar-refractivity contribution < 1.29 is 4.39 Å². The Hall–Kier alpha value is -0.570. The minimum Gasteiger partial charge on any atom is -0.369 e. The highest BCUT2D eigenvalue weighted by Gasteiger charge is 2.27. The predicted molar refractivity (Wildman–Crippen MR) is 88.0 cm³/mol. The maximum atomic E-state index is 14.2. The number of halogens is 2. The number of nitrogens with zero attached hydrogens (tertiary/aromatic N) is 1. The van der Waals surface area contributed by atoms with E-state index in [1.807, 2.05) is 12.1 Å². The van der Waals surface area contributed by atoms with E-state index in [4.69, 9.17) is 0 Å². The second-order valence-corrected chi connectivity index (χ2v) is 7.46. The average Bonchev–Trinajstić information content (AvgIpc) is 2.63. The smallest absolute Gasteiger partial charge is 0.146 e. The number of hydrogen-bond acceptors (Lipinski definition) is 1. The topological polar surface area (TPSA) is 3.24 Å². The zero-order valence-corrected chi connectivity index (χ0v) is 14.3. The summed E-state index contributed by atoms with van der Waals surface area (Å²) >= 11 is 3.37. The molecule has 0 saturated carbocycles. The molecule has 1 nitrogen and oxygen atoms in total. The van der Waals surface area contributed by atoms with Crippen LogP contribution in [0.4, 0.5) is 10.1 Å². The molecular formula is C17H25BrFN. The van der Waals surface area contributed by atoms with Gasteiger partial charge >= 0.3 is 0 Å². The minimum absolute atomic E-state index is 0.0869. The first-order valence-corrected chi connectivity index (χ1v) is 8.63. The first-order valence-electron chi connectivity index (χ1n) is 7.51. The van der Waals surface area contributed by atoms with Gasteiger partial charge in [0.1, 0.15) is 5.82 Å². The third-order valence-corrected chi connectivity index (χ3v) is 5.11. The fraction of sp³-hybridized carbons (Fsp3) is 0.647. The van der Waals surface area contributed by atoms with E-state index in [0.29, 0.717) is 10.7 Å². The lowest BCUT2D eigenvalue weighted by Gasteiger charge is -2.30. The normalized spacial score (nSPS) is 20.9. The van der Waals surface area contributed by atoms with Crippen molar-refractivity contribution >= 4 is 21.6 Å². The second-order valence-electron chi connectivity index (χ2n) is 6.90. The molecule has 0 radical (unpaired) electrons. The lowest BCUT2D eigenvalue weighted by molar-refractivity contribution is 0.220. The molecule has 1 aromatic rings. The van der Waals surface area contributed by atoms with Crippen molar-refractivity contribution in [2.45, 2.75) is 45.4 Å². The highest BCUT2D eigenvalue weighted by Crippen LogP contribution is 2.35. The molecular weight excluding hydrogens is 317 g/mol. The number of anilines is 1. The van der Waals surface area contributed by atoms with Crippen molar-refractivity contribution in [3.05, 3.63) is 29.6 Å². The van der Waals surface area contributed by atoms with Gasteiger partial charge in [-0.15, -0.1) is 0 Å². The van der Waals surface area contributed by atoms with Gasteiger partial charge in [-0.2, -0.15) is 0 Å². The quantitative estimate of drug-likeness (QED) is 0.653. The summed E-state index contributed by atoms with van der Waals surface area (Å²) in [5.74, 6) is 0.647. The van der Waals surface area contributed by atoms with Crippen molar-refractivity contribution in [2.24, 2.45) is 11.3 Å². The summed E-state index contributed by atoms with van der Waals surface area (Å²) in [6, 6.07) is 5.60. The zero-order valence-electron chi connectivity index (χ0n) is 12.8. The van der Waals surface area contributed by atoms with E-state index in [1.54, 1.807) is 6.07 Å². The van der Waals surface area contributed by atoms with E-state index in [9.17, 15) is 4.39 Å². The summed E-state index contributed by atoms with van der Waals surface area (Å²) in [4.78, 5) is 2.22. The predicted octanol–water partition coefficient (Wildman–Crippen LogP) is 5.37. The van der Waals surface area contributed by atoms with Crippen LogP contribution < -0.4 is 4.90 Å². The van der Waals surface area contributed by atoms with Crippen molar-refractivity contribution in [3.8, 4) is 0 Å². The first-order chi connectivity index (χ1) is 9.41. The first kappa shape index (κ1) is 15.8. The summed E-state index contributed by atoms with van der Waals surface area (Å²) in [5.41, 5.74) is 2.12. The van der Waals surface area contributed by atoms with Crippen LogP contribution in [-0.2, 0) is 5.33 Å². The van der Waals surface area contributed by atoms with Crippen LogP contribution >= 0.6 is 15.9 Å². The molecule has 1 unspecified atom stereocenters. The molecule has 1 heterocycles. The Morgan fingerprint density at radius 3 is 2.60 bits per heavy atom. The van der Waals surface area contributed by atoms with Crippen molar-refractivity contribution in [2.75, 3.05) is 18.0 Å². The Kier molecular flexibility index (Phi) is 5.11. The molecule has 1 atom stereocenters. The zero-order chi connectivity index (χ0) is 14.8. The summed E-state index contributed by atoms with van der Waals surface area (Å²) in [6.45, 7) is 8.89. The Balaban J connectivity index is 2.11. The maximum Gasteiger partial charge on any atom is 0.146 e. The van der Waals surface area contributed by atoms with Gasteiger partial charge in [0.25, 0.3) is 0 Å².